The first kappa shape index (κ1) is 15.3. The largest absolute Gasteiger partial charge is 0.273 e. The zero-order valence-corrected chi connectivity index (χ0v) is 11.4. The predicted octanol–water partition coefficient (Wildman–Crippen LogP) is 2.43. The van der Waals surface area contributed by atoms with Crippen molar-refractivity contribution in [2.45, 2.75) is 6.42 Å². The van der Waals surface area contributed by atoms with Crippen LogP contribution in [0.15, 0.2) is 53.6 Å². The van der Waals surface area contributed by atoms with Gasteiger partial charge >= 0.3 is 0 Å². The van der Waals surface area contributed by atoms with Crippen LogP contribution in [0.5, 0.6) is 0 Å². The molecule has 0 aliphatic rings. The van der Waals surface area contributed by atoms with E-state index in [0.29, 0.717) is 11.1 Å². The van der Waals surface area contributed by atoms with Crippen molar-refractivity contribution in [2.75, 3.05) is 0 Å². The molecule has 2 rings (SSSR count). The lowest BCUT2D eigenvalue weighted by Gasteiger charge is -2.00. The Morgan fingerprint density at radius 2 is 2.00 bits per heavy atom. The zero-order valence-electron chi connectivity index (χ0n) is 11.4. The fraction of sp³-hybridized carbons (Fsp3) is 0.0667. The molecule has 0 saturated heterocycles. The van der Waals surface area contributed by atoms with Crippen molar-refractivity contribution < 1.29 is 14.1 Å². The Morgan fingerprint density at radius 3 is 2.68 bits per heavy atom. The molecule has 0 saturated carbocycles. The van der Waals surface area contributed by atoms with Gasteiger partial charge in [0.15, 0.2) is 0 Å². The molecule has 2 aromatic rings. The number of hydrazone groups is 1. The second-order valence-corrected chi connectivity index (χ2v) is 4.45. The van der Waals surface area contributed by atoms with Crippen LogP contribution >= 0.6 is 0 Å². The molecular weight excluding hydrogens is 289 g/mol. The highest BCUT2D eigenvalue weighted by Gasteiger charge is 2.05. The maximum absolute atomic E-state index is 12.7. The van der Waals surface area contributed by atoms with Crippen LogP contribution in [0.4, 0.5) is 10.1 Å². The number of benzene rings is 2. The lowest BCUT2D eigenvalue weighted by molar-refractivity contribution is -0.384. The van der Waals surface area contributed by atoms with E-state index in [-0.39, 0.29) is 23.8 Å². The fourth-order valence-corrected chi connectivity index (χ4v) is 1.72. The third-order valence-electron chi connectivity index (χ3n) is 2.76. The summed E-state index contributed by atoms with van der Waals surface area (Å²) in [4.78, 5) is 21.8. The standard InChI is InChI=1S/C15H12FN3O3/c16-13-6-4-11(5-7-13)9-15(20)18-17-10-12-2-1-3-14(8-12)19(21)22/h1-8,10H,9H2,(H,18,20)/b17-10-. The van der Waals surface area contributed by atoms with Gasteiger partial charge in [-0.25, -0.2) is 9.82 Å². The molecule has 1 N–H and O–H groups in total. The lowest BCUT2D eigenvalue weighted by Crippen LogP contribution is -2.19. The number of hydrogen-bond acceptors (Lipinski definition) is 4. The van der Waals surface area contributed by atoms with E-state index in [4.69, 9.17) is 0 Å². The Balaban J connectivity index is 1.91. The molecule has 0 fully saturated rings. The molecule has 0 unspecified atom stereocenters. The van der Waals surface area contributed by atoms with Crippen LogP contribution < -0.4 is 5.43 Å². The minimum atomic E-state index is -0.509. The smallest absolute Gasteiger partial charge is 0.270 e. The van der Waals surface area contributed by atoms with Crippen LogP contribution in [0.1, 0.15) is 11.1 Å². The van der Waals surface area contributed by atoms with Gasteiger partial charge in [-0.15, -0.1) is 0 Å². The summed E-state index contributed by atoms with van der Waals surface area (Å²) in [5, 5.41) is 14.4. The molecular formula is C15H12FN3O3. The summed E-state index contributed by atoms with van der Waals surface area (Å²) in [5.41, 5.74) is 3.41. The number of carbonyl (C=O) groups excluding carboxylic acids is 1. The van der Waals surface area contributed by atoms with Crippen LogP contribution in [0, 0.1) is 15.9 Å². The summed E-state index contributed by atoms with van der Waals surface area (Å²) >= 11 is 0. The highest BCUT2D eigenvalue weighted by molar-refractivity contribution is 5.83. The molecule has 112 valence electrons. The number of non-ortho nitro benzene ring substituents is 1. The molecule has 0 radical (unpaired) electrons. The van der Waals surface area contributed by atoms with Gasteiger partial charge in [-0.1, -0.05) is 24.3 Å². The molecule has 0 heterocycles. The number of hydrogen-bond donors (Lipinski definition) is 1. The summed E-state index contributed by atoms with van der Waals surface area (Å²) in [5.74, 6) is -0.735. The highest BCUT2D eigenvalue weighted by atomic mass is 19.1. The van der Waals surface area contributed by atoms with Crippen molar-refractivity contribution in [1.82, 2.24) is 5.43 Å². The van der Waals surface area contributed by atoms with Crippen molar-refractivity contribution in [3.63, 3.8) is 0 Å². The third-order valence-corrected chi connectivity index (χ3v) is 2.76. The number of rotatable bonds is 5. The molecule has 0 aromatic heterocycles. The van der Waals surface area contributed by atoms with Gasteiger partial charge in [-0.2, -0.15) is 5.10 Å². The fourth-order valence-electron chi connectivity index (χ4n) is 1.72. The topological polar surface area (TPSA) is 84.6 Å². The van der Waals surface area contributed by atoms with Gasteiger partial charge in [-0.3, -0.25) is 14.9 Å². The van der Waals surface area contributed by atoms with Crippen LogP contribution in [0.2, 0.25) is 0 Å². The van der Waals surface area contributed by atoms with Crippen molar-refractivity contribution in [1.29, 1.82) is 0 Å². The van der Waals surface area contributed by atoms with E-state index in [2.05, 4.69) is 10.5 Å². The molecule has 0 aliphatic heterocycles. The average Bonchev–Trinajstić information content (AvgIpc) is 2.50. The molecule has 2 aromatic carbocycles. The van der Waals surface area contributed by atoms with E-state index in [9.17, 15) is 19.3 Å². The van der Waals surface area contributed by atoms with Crippen LogP contribution in [0.25, 0.3) is 0 Å². The van der Waals surface area contributed by atoms with Crippen molar-refractivity contribution in [3.05, 3.63) is 75.6 Å². The Kier molecular flexibility index (Phi) is 4.92. The first-order valence-electron chi connectivity index (χ1n) is 6.35. The van der Waals surface area contributed by atoms with Gasteiger partial charge in [0.25, 0.3) is 5.69 Å². The van der Waals surface area contributed by atoms with E-state index in [1.807, 2.05) is 0 Å². The minimum Gasteiger partial charge on any atom is -0.273 e. The number of nitrogens with zero attached hydrogens (tertiary/aromatic N) is 2. The Morgan fingerprint density at radius 1 is 1.27 bits per heavy atom. The monoisotopic (exact) mass is 301 g/mol. The van der Waals surface area contributed by atoms with E-state index < -0.39 is 4.92 Å². The van der Waals surface area contributed by atoms with Crippen molar-refractivity contribution >= 4 is 17.8 Å². The van der Waals surface area contributed by atoms with Crippen LogP contribution in [0.3, 0.4) is 0 Å². The summed E-state index contributed by atoms with van der Waals surface area (Å²) in [6.45, 7) is 0. The third kappa shape index (κ3) is 4.48. The Bertz CT molecular complexity index is 714. The Labute approximate surface area is 125 Å². The molecule has 0 bridgehead atoms. The maximum atomic E-state index is 12.7. The van der Waals surface area contributed by atoms with Gasteiger partial charge in [0, 0.05) is 17.7 Å². The molecule has 1 amide bonds. The zero-order chi connectivity index (χ0) is 15.9. The number of halogens is 1. The van der Waals surface area contributed by atoms with Crippen LogP contribution in [-0.2, 0) is 11.2 Å². The minimum absolute atomic E-state index is 0.0541. The van der Waals surface area contributed by atoms with Gasteiger partial charge < -0.3 is 0 Å². The average molecular weight is 301 g/mol. The molecule has 22 heavy (non-hydrogen) atoms. The number of nitro benzene ring substituents is 1. The summed E-state index contributed by atoms with van der Waals surface area (Å²) in [6.07, 6.45) is 1.38. The summed E-state index contributed by atoms with van der Waals surface area (Å²) in [6, 6.07) is 11.4. The number of nitrogens with one attached hydrogen (secondary N) is 1. The predicted molar refractivity (Wildman–Crippen MR) is 78.9 cm³/mol. The summed E-state index contributed by atoms with van der Waals surface area (Å²) < 4.78 is 12.7. The molecule has 0 aliphatic carbocycles. The molecule has 6 nitrogen and oxygen atoms in total. The van der Waals surface area contributed by atoms with E-state index in [0.717, 1.165) is 0 Å². The first-order valence-corrected chi connectivity index (χ1v) is 6.35. The van der Waals surface area contributed by atoms with Gasteiger partial charge in [0.05, 0.1) is 17.6 Å². The molecule has 0 spiro atoms. The molecule has 7 heteroatoms. The highest BCUT2D eigenvalue weighted by Crippen LogP contribution is 2.11. The van der Waals surface area contributed by atoms with E-state index in [1.165, 1.54) is 48.7 Å². The van der Waals surface area contributed by atoms with E-state index in [1.54, 1.807) is 6.07 Å². The number of nitro groups is 1. The molecule has 0 atom stereocenters. The SMILES string of the molecule is O=C(Cc1ccc(F)cc1)N/N=C\c1cccc([N+](=O)[O-])c1. The van der Waals surface area contributed by atoms with Crippen molar-refractivity contribution in [3.8, 4) is 0 Å². The second kappa shape index (κ2) is 7.07. The second-order valence-electron chi connectivity index (χ2n) is 4.45. The maximum Gasteiger partial charge on any atom is 0.270 e. The number of carbonyl (C=O) groups is 1. The normalized spacial score (nSPS) is 10.6. The van der Waals surface area contributed by atoms with Gasteiger partial charge in [0.2, 0.25) is 5.91 Å². The first-order chi connectivity index (χ1) is 10.5. The summed E-state index contributed by atoms with van der Waals surface area (Å²) in [7, 11) is 0. The van der Waals surface area contributed by atoms with Gasteiger partial charge in [0.1, 0.15) is 5.82 Å². The quantitative estimate of drug-likeness (QED) is 0.523. The van der Waals surface area contributed by atoms with E-state index >= 15 is 0 Å². The van der Waals surface area contributed by atoms with Crippen molar-refractivity contribution in [2.24, 2.45) is 5.10 Å². The lowest BCUT2D eigenvalue weighted by atomic mass is 10.1. The Hall–Kier alpha value is -3.09. The van der Waals surface area contributed by atoms with Gasteiger partial charge in [-0.05, 0) is 17.7 Å². The number of amides is 1. The van der Waals surface area contributed by atoms with Crippen LogP contribution in [-0.4, -0.2) is 17.0 Å².